The van der Waals surface area contributed by atoms with Crippen molar-refractivity contribution >= 4 is 33.5 Å². The summed E-state index contributed by atoms with van der Waals surface area (Å²) in [7, 11) is -0.505. The van der Waals surface area contributed by atoms with Crippen LogP contribution in [0.5, 0.6) is 0 Å². The summed E-state index contributed by atoms with van der Waals surface area (Å²) >= 11 is 0. The van der Waals surface area contributed by atoms with E-state index in [0.29, 0.717) is 36.4 Å². The van der Waals surface area contributed by atoms with Gasteiger partial charge in [0.15, 0.2) is 0 Å². The van der Waals surface area contributed by atoms with E-state index in [1.54, 1.807) is 21.6 Å². The summed E-state index contributed by atoms with van der Waals surface area (Å²) in [6.07, 6.45) is 11.3. The summed E-state index contributed by atoms with van der Waals surface area (Å²) in [4.78, 5) is 32.3. The third kappa shape index (κ3) is 3.84. The van der Waals surface area contributed by atoms with Crippen LogP contribution in [0.3, 0.4) is 0 Å². The second-order valence-electron chi connectivity index (χ2n) is 11.1. The van der Waals surface area contributed by atoms with Crippen molar-refractivity contribution in [2.24, 2.45) is 16.7 Å². The number of nitrogens with one attached hydrogen (secondary N) is 1. The topological polar surface area (TPSA) is 107 Å². The number of anilines is 1. The van der Waals surface area contributed by atoms with Gasteiger partial charge in [-0.3, -0.25) is 14.0 Å². The molecule has 3 heterocycles. The fraction of sp³-hybridized carbons (Fsp3) is 0.560. The second-order valence-corrected chi connectivity index (χ2v) is 13.2. The maximum absolute atomic E-state index is 13.2. The largest absolute Gasteiger partial charge is 0.335 e. The molecule has 2 bridgehead atoms. The summed E-state index contributed by atoms with van der Waals surface area (Å²) in [5, 5.41) is 3.06. The number of hydrogen-bond donors (Lipinski definition) is 1. The van der Waals surface area contributed by atoms with Crippen LogP contribution in [-0.2, 0) is 15.0 Å². The van der Waals surface area contributed by atoms with Crippen molar-refractivity contribution in [3.8, 4) is 0 Å². The van der Waals surface area contributed by atoms with Gasteiger partial charge in [-0.1, -0.05) is 18.2 Å². The number of piperazine rings is 1. The lowest BCUT2D eigenvalue weighted by Gasteiger charge is -2.34. The highest BCUT2D eigenvalue weighted by molar-refractivity contribution is 7.86. The molecule has 10 nitrogen and oxygen atoms in total. The van der Waals surface area contributed by atoms with E-state index >= 15 is 0 Å². The number of pyridine rings is 1. The summed E-state index contributed by atoms with van der Waals surface area (Å²) in [6.45, 7) is 1.06. The van der Waals surface area contributed by atoms with Gasteiger partial charge >= 0.3 is 0 Å². The average molecular weight is 513 g/mol. The molecule has 4 aliphatic rings. The van der Waals surface area contributed by atoms with Gasteiger partial charge in [0.2, 0.25) is 5.91 Å². The zero-order valence-electron chi connectivity index (χ0n) is 20.7. The number of carbonyl (C=O) groups is 2. The minimum Gasteiger partial charge on any atom is -0.335 e. The van der Waals surface area contributed by atoms with Crippen LogP contribution < -0.4 is 5.32 Å². The Morgan fingerprint density at radius 3 is 2.69 bits per heavy atom. The third-order valence-corrected chi connectivity index (χ3v) is 10.4. The van der Waals surface area contributed by atoms with Gasteiger partial charge in [-0.25, -0.2) is 4.98 Å². The molecule has 36 heavy (non-hydrogen) atoms. The molecule has 2 saturated carbocycles. The van der Waals surface area contributed by atoms with E-state index in [1.807, 2.05) is 12.1 Å². The summed E-state index contributed by atoms with van der Waals surface area (Å²) in [6, 6.07) is 5.43. The lowest BCUT2D eigenvalue weighted by molar-refractivity contribution is -0.118. The standard InChI is InChI=1S/C25H32N6O4S/c1-28(2)36(34,35)30-11-9-29(10-12-30)23(33)19-16-31-20(26-19)5-3-6-21(31)27-22(32)15-24-7-4-8-25(17-24)14-18(25)13-24/h3-6,8,16,18H,7,9-15,17H2,1-2H3,(H,27,32). The Morgan fingerprint density at radius 1 is 1.17 bits per heavy atom. The predicted molar refractivity (Wildman–Crippen MR) is 134 cm³/mol. The first-order chi connectivity index (χ1) is 17.1. The van der Waals surface area contributed by atoms with Crippen molar-refractivity contribution in [1.82, 2.24) is 22.9 Å². The molecule has 3 aliphatic carbocycles. The number of carbonyl (C=O) groups excluding carboxylic acids is 2. The maximum atomic E-state index is 13.2. The number of aromatic nitrogens is 2. The molecule has 0 radical (unpaired) electrons. The van der Waals surface area contributed by atoms with E-state index < -0.39 is 10.2 Å². The highest BCUT2D eigenvalue weighted by Crippen LogP contribution is 2.73. The second kappa shape index (κ2) is 8.12. The van der Waals surface area contributed by atoms with Crippen molar-refractivity contribution in [3.05, 3.63) is 42.2 Å². The molecular weight excluding hydrogens is 480 g/mol. The van der Waals surface area contributed by atoms with Gasteiger partial charge in [-0.2, -0.15) is 17.0 Å². The van der Waals surface area contributed by atoms with Crippen molar-refractivity contribution in [2.45, 2.75) is 32.1 Å². The number of allylic oxidation sites excluding steroid dienone is 2. The van der Waals surface area contributed by atoms with E-state index in [1.165, 1.54) is 29.1 Å². The van der Waals surface area contributed by atoms with Gasteiger partial charge in [-0.05, 0) is 54.6 Å². The van der Waals surface area contributed by atoms with Gasteiger partial charge in [0.25, 0.3) is 16.1 Å². The van der Waals surface area contributed by atoms with E-state index in [-0.39, 0.29) is 36.0 Å². The lowest BCUT2D eigenvalue weighted by Crippen LogP contribution is -2.53. The Bertz CT molecular complexity index is 1380. The molecular formula is C25H32N6O4S. The Kier molecular flexibility index (Phi) is 5.33. The molecule has 2 amide bonds. The summed E-state index contributed by atoms with van der Waals surface area (Å²) < 4.78 is 29.0. The predicted octanol–water partition coefficient (Wildman–Crippen LogP) is 1.97. The molecule has 11 heteroatoms. The van der Waals surface area contributed by atoms with Crippen LogP contribution >= 0.6 is 0 Å². The third-order valence-electron chi connectivity index (χ3n) is 8.49. The van der Waals surface area contributed by atoms with Crippen LogP contribution in [0.1, 0.15) is 42.6 Å². The molecule has 6 rings (SSSR count). The van der Waals surface area contributed by atoms with E-state index in [9.17, 15) is 18.0 Å². The van der Waals surface area contributed by atoms with Gasteiger partial charge in [0.1, 0.15) is 17.2 Å². The monoisotopic (exact) mass is 512 g/mol. The van der Waals surface area contributed by atoms with Crippen LogP contribution in [0.2, 0.25) is 0 Å². The quantitative estimate of drug-likeness (QED) is 0.596. The number of imidazole rings is 1. The van der Waals surface area contributed by atoms with Crippen LogP contribution in [-0.4, -0.2) is 83.4 Å². The van der Waals surface area contributed by atoms with Crippen LogP contribution in [0, 0.1) is 16.7 Å². The minimum absolute atomic E-state index is 0.00551. The van der Waals surface area contributed by atoms with Crippen LogP contribution in [0.15, 0.2) is 36.5 Å². The minimum atomic E-state index is -3.50. The highest BCUT2D eigenvalue weighted by atomic mass is 32.2. The summed E-state index contributed by atoms with van der Waals surface area (Å²) in [5.41, 5.74) is 1.30. The van der Waals surface area contributed by atoms with Crippen molar-refractivity contribution < 1.29 is 18.0 Å². The van der Waals surface area contributed by atoms with Crippen LogP contribution in [0.25, 0.3) is 5.65 Å². The number of amides is 2. The molecule has 3 fully saturated rings. The van der Waals surface area contributed by atoms with Crippen LogP contribution in [0.4, 0.5) is 5.82 Å². The Labute approximate surface area is 211 Å². The van der Waals surface area contributed by atoms with Gasteiger partial charge in [0, 0.05) is 52.9 Å². The molecule has 3 unspecified atom stereocenters. The molecule has 3 atom stereocenters. The maximum Gasteiger partial charge on any atom is 0.281 e. The first-order valence-electron chi connectivity index (χ1n) is 12.5. The average Bonchev–Trinajstić information content (AvgIpc) is 3.19. The number of fused-ring (bicyclic) bond motifs is 2. The summed E-state index contributed by atoms with van der Waals surface area (Å²) in [5.74, 6) is 1.08. The molecule has 192 valence electrons. The van der Waals surface area contributed by atoms with Crippen molar-refractivity contribution in [1.29, 1.82) is 0 Å². The van der Waals surface area contributed by atoms with Crippen molar-refractivity contribution in [2.75, 3.05) is 45.6 Å². The number of nitrogens with zero attached hydrogens (tertiary/aromatic N) is 5. The highest BCUT2D eigenvalue weighted by Gasteiger charge is 2.64. The first kappa shape index (κ1) is 23.6. The zero-order valence-corrected chi connectivity index (χ0v) is 21.5. The Balaban J connectivity index is 1.14. The smallest absolute Gasteiger partial charge is 0.281 e. The zero-order chi connectivity index (χ0) is 25.3. The molecule has 1 aliphatic heterocycles. The van der Waals surface area contributed by atoms with Crippen molar-refractivity contribution in [3.63, 3.8) is 0 Å². The SMILES string of the molecule is CN(C)S(=O)(=O)N1CCN(C(=O)c2cn3c(NC(=O)CC45CC=CC6(CC6C4)C5)cccc3n2)CC1. The Hall–Kier alpha value is -2.76. The Morgan fingerprint density at radius 2 is 1.94 bits per heavy atom. The fourth-order valence-corrected chi connectivity index (χ4v) is 7.70. The van der Waals surface area contributed by atoms with E-state index in [0.717, 1.165) is 25.2 Å². The lowest BCUT2D eigenvalue weighted by atomic mass is 9.72. The molecule has 1 spiro atoms. The number of hydrogen-bond acceptors (Lipinski definition) is 5. The molecule has 2 aromatic rings. The van der Waals surface area contributed by atoms with Gasteiger partial charge in [-0.15, -0.1) is 0 Å². The fourth-order valence-electron chi connectivity index (χ4n) is 6.61. The van der Waals surface area contributed by atoms with Gasteiger partial charge < -0.3 is 10.2 Å². The molecule has 2 aromatic heterocycles. The molecule has 1 N–H and O–H groups in total. The van der Waals surface area contributed by atoms with E-state index in [4.69, 9.17) is 0 Å². The first-order valence-corrected chi connectivity index (χ1v) is 13.9. The normalized spacial score (nSPS) is 29.5. The molecule has 1 saturated heterocycles. The van der Waals surface area contributed by atoms with Gasteiger partial charge in [0.05, 0.1) is 0 Å². The van der Waals surface area contributed by atoms with E-state index in [2.05, 4.69) is 22.5 Å². The number of rotatable bonds is 6. The molecule has 0 aromatic carbocycles.